The highest BCUT2D eigenvalue weighted by Crippen LogP contribution is 2.37. The number of aromatic nitrogens is 2. The summed E-state index contributed by atoms with van der Waals surface area (Å²) in [4.78, 5) is 36.6. The number of nitrogens with one attached hydrogen (secondary N) is 1. The van der Waals surface area contributed by atoms with E-state index in [1.54, 1.807) is 18.3 Å². The van der Waals surface area contributed by atoms with Crippen molar-refractivity contribution in [2.24, 2.45) is 0 Å². The van der Waals surface area contributed by atoms with Gasteiger partial charge in [0.2, 0.25) is 5.78 Å². The number of para-hydroxylation sites is 2. The number of Topliss-reactive ketones (excluding diaryl/α,β-unsaturated/α-hetero) is 1. The molecule has 6 rings (SSSR count). The largest absolute Gasteiger partial charge is 0.451 e. The maximum absolute atomic E-state index is 13.8. The van der Waals surface area contributed by atoms with Crippen LogP contribution in [-0.2, 0) is 11.2 Å². The summed E-state index contributed by atoms with van der Waals surface area (Å²) in [6.07, 6.45) is 3.81. The van der Waals surface area contributed by atoms with E-state index in [9.17, 15) is 9.59 Å². The van der Waals surface area contributed by atoms with Crippen LogP contribution in [0.5, 0.6) is 0 Å². The molecular formula is C31H26N2O3S. The molecule has 0 saturated heterocycles. The number of ketones is 1. The maximum atomic E-state index is 13.8. The van der Waals surface area contributed by atoms with Crippen LogP contribution in [0.1, 0.15) is 62.3 Å². The molecule has 0 spiro atoms. The summed E-state index contributed by atoms with van der Waals surface area (Å²) in [7, 11) is 0. The van der Waals surface area contributed by atoms with Crippen molar-refractivity contribution >= 4 is 56.5 Å². The van der Waals surface area contributed by atoms with Crippen molar-refractivity contribution in [1.29, 1.82) is 0 Å². The Balaban J connectivity index is 1.40. The second-order valence-corrected chi connectivity index (χ2v) is 10.4. The fourth-order valence-electron chi connectivity index (χ4n) is 5.32. The fourth-order valence-corrected chi connectivity index (χ4v) is 6.01. The number of aryl methyl sites for hydroxylation is 1. The highest BCUT2D eigenvalue weighted by Gasteiger charge is 2.29. The number of rotatable bonds is 5. The molecule has 5 nitrogen and oxygen atoms in total. The average molecular weight is 507 g/mol. The van der Waals surface area contributed by atoms with Crippen LogP contribution in [0.15, 0.2) is 66.0 Å². The number of thiophene rings is 1. The van der Waals surface area contributed by atoms with Gasteiger partial charge in [-0.2, -0.15) is 0 Å². The van der Waals surface area contributed by atoms with E-state index in [1.165, 1.54) is 0 Å². The van der Waals surface area contributed by atoms with Crippen LogP contribution in [0, 0.1) is 6.92 Å². The van der Waals surface area contributed by atoms with Crippen molar-refractivity contribution < 1.29 is 14.3 Å². The lowest BCUT2D eigenvalue weighted by Gasteiger charge is -2.23. The van der Waals surface area contributed by atoms with Gasteiger partial charge in [0.15, 0.2) is 6.10 Å². The monoisotopic (exact) mass is 506 g/mol. The summed E-state index contributed by atoms with van der Waals surface area (Å²) >= 11 is 1.68. The number of esters is 1. The number of aromatic amines is 1. The first-order valence-corrected chi connectivity index (χ1v) is 13.4. The lowest BCUT2D eigenvalue weighted by atomic mass is 9.86. The number of allylic oxidation sites excluding steroid dienone is 1. The molecule has 0 aliphatic heterocycles. The molecule has 6 heteroatoms. The molecular weight excluding hydrogens is 480 g/mol. The van der Waals surface area contributed by atoms with Gasteiger partial charge >= 0.3 is 5.97 Å². The summed E-state index contributed by atoms with van der Waals surface area (Å²) in [6, 6.07) is 19.5. The predicted octanol–water partition coefficient (Wildman–Crippen LogP) is 7.39. The molecule has 1 unspecified atom stereocenters. The number of carbonyl (C=O) groups excluding carboxylic acids is 2. The molecule has 1 atom stereocenters. The van der Waals surface area contributed by atoms with E-state index < -0.39 is 12.1 Å². The molecule has 0 fully saturated rings. The number of H-pyrrole nitrogens is 1. The molecule has 0 saturated carbocycles. The molecule has 5 aromatic rings. The van der Waals surface area contributed by atoms with E-state index in [4.69, 9.17) is 9.72 Å². The summed E-state index contributed by atoms with van der Waals surface area (Å²) in [5.41, 5.74) is 6.38. The molecule has 0 bridgehead atoms. The second-order valence-electron chi connectivity index (χ2n) is 9.45. The van der Waals surface area contributed by atoms with Crippen LogP contribution in [0.2, 0.25) is 0 Å². The highest BCUT2D eigenvalue weighted by atomic mass is 32.1. The average Bonchev–Trinajstić information content (AvgIpc) is 3.53. The van der Waals surface area contributed by atoms with Crippen LogP contribution in [-0.4, -0.2) is 27.8 Å². The van der Waals surface area contributed by atoms with Crippen molar-refractivity contribution in [1.82, 2.24) is 9.97 Å². The Bertz CT molecular complexity index is 1690. The number of hydrogen-bond donors (Lipinski definition) is 1. The molecule has 0 amide bonds. The topological polar surface area (TPSA) is 72.1 Å². The Kier molecular flexibility index (Phi) is 5.97. The zero-order valence-corrected chi connectivity index (χ0v) is 21.5. The molecule has 3 aromatic heterocycles. The first-order chi connectivity index (χ1) is 18.0. The lowest BCUT2D eigenvalue weighted by molar-refractivity contribution is 0.0320. The van der Waals surface area contributed by atoms with Crippen molar-refractivity contribution in [3.05, 3.63) is 99.0 Å². The van der Waals surface area contributed by atoms with Gasteiger partial charge in [0, 0.05) is 32.4 Å². The summed E-state index contributed by atoms with van der Waals surface area (Å²) in [5.74, 6) is -0.695. The third-order valence-electron chi connectivity index (χ3n) is 7.03. The Morgan fingerprint density at radius 2 is 1.78 bits per heavy atom. The minimum Gasteiger partial charge on any atom is -0.451 e. The van der Waals surface area contributed by atoms with Gasteiger partial charge in [-0.3, -0.25) is 4.79 Å². The van der Waals surface area contributed by atoms with E-state index in [1.807, 2.05) is 61.5 Å². The van der Waals surface area contributed by atoms with Crippen molar-refractivity contribution in [2.45, 2.75) is 39.2 Å². The van der Waals surface area contributed by atoms with Crippen LogP contribution in [0.4, 0.5) is 0 Å². The van der Waals surface area contributed by atoms with Gasteiger partial charge in [-0.05, 0) is 73.9 Å². The van der Waals surface area contributed by atoms with E-state index >= 15 is 0 Å². The van der Waals surface area contributed by atoms with Gasteiger partial charge in [0.1, 0.15) is 0 Å². The Morgan fingerprint density at radius 3 is 2.59 bits per heavy atom. The predicted molar refractivity (Wildman–Crippen MR) is 149 cm³/mol. The minimum absolute atomic E-state index is 0.214. The molecule has 1 aliphatic rings. The lowest BCUT2D eigenvalue weighted by Crippen LogP contribution is -2.26. The molecule has 1 aliphatic carbocycles. The molecule has 1 N–H and O–H groups in total. The quantitative estimate of drug-likeness (QED) is 0.199. The molecule has 37 heavy (non-hydrogen) atoms. The highest BCUT2D eigenvalue weighted by molar-refractivity contribution is 7.10. The zero-order valence-electron chi connectivity index (χ0n) is 20.7. The van der Waals surface area contributed by atoms with Gasteiger partial charge in [0.05, 0.1) is 16.8 Å². The molecule has 184 valence electrons. The van der Waals surface area contributed by atoms with Gasteiger partial charge < -0.3 is 9.72 Å². The SMILES string of the molecule is Cc1[nH]c2ccccc2c1C(=O)C(C)OC(=O)c1c2c(nc3ccccc13)/C(=C/c1cccs1)CCC2. The Labute approximate surface area is 218 Å². The first-order valence-electron chi connectivity index (χ1n) is 12.5. The Hall–Kier alpha value is -4.03. The maximum Gasteiger partial charge on any atom is 0.339 e. The minimum atomic E-state index is -0.933. The zero-order chi connectivity index (χ0) is 25.5. The van der Waals surface area contributed by atoms with Crippen LogP contribution < -0.4 is 0 Å². The van der Waals surface area contributed by atoms with Crippen LogP contribution >= 0.6 is 11.3 Å². The van der Waals surface area contributed by atoms with E-state index in [0.29, 0.717) is 11.1 Å². The van der Waals surface area contributed by atoms with Crippen molar-refractivity contribution in [3.8, 4) is 0 Å². The fraction of sp³-hybridized carbons (Fsp3) is 0.194. The smallest absolute Gasteiger partial charge is 0.339 e. The van der Waals surface area contributed by atoms with E-state index in [2.05, 4.69) is 22.5 Å². The van der Waals surface area contributed by atoms with Crippen LogP contribution in [0.25, 0.3) is 33.5 Å². The third-order valence-corrected chi connectivity index (χ3v) is 7.85. The summed E-state index contributed by atoms with van der Waals surface area (Å²) in [6.45, 7) is 3.52. The third kappa shape index (κ3) is 4.17. The molecule has 0 radical (unpaired) electrons. The van der Waals surface area contributed by atoms with Gasteiger partial charge in [-0.25, -0.2) is 9.78 Å². The van der Waals surface area contributed by atoms with Crippen LogP contribution in [0.3, 0.4) is 0 Å². The normalized spacial score (nSPS) is 15.1. The van der Waals surface area contributed by atoms with Crippen molar-refractivity contribution in [2.75, 3.05) is 0 Å². The van der Waals surface area contributed by atoms with Gasteiger partial charge in [-0.15, -0.1) is 11.3 Å². The Morgan fingerprint density at radius 1 is 1.00 bits per heavy atom. The van der Waals surface area contributed by atoms with E-state index in [-0.39, 0.29) is 5.78 Å². The number of benzene rings is 2. The number of nitrogens with zero attached hydrogens (tertiary/aromatic N) is 1. The first kappa shape index (κ1) is 23.4. The number of hydrogen-bond acceptors (Lipinski definition) is 5. The molecule has 2 aromatic carbocycles. The van der Waals surface area contributed by atoms with Gasteiger partial charge in [-0.1, -0.05) is 42.5 Å². The summed E-state index contributed by atoms with van der Waals surface area (Å²) in [5, 5.41) is 3.65. The summed E-state index contributed by atoms with van der Waals surface area (Å²) < 4.78 is 5.89. The number of pyridine rings is 1. The van der Waals surface area contributed by atoms with Crippen molar-refractivity contribution in [3.63, 3.8) is 0 Å². The van der Waals surface area contributed by atoms with E-state index in [0.717, 1.165) is 68.5 Å². The standard InChI is InChI=1S/C31H26N2O3S/c1-18-27(22-11-3-5-14-25(22)32-18)30(34)19(2)36-31(35)28-23-12-4-6-15-26(23)33-29-20(9-7-13-24(28)29)17-21-10-8-16-37-21/h3-6,8,10-12,14-17,19,32H,7,9,13H2,1-2H3/b20-17+. The molecule has 3 heterocycles. The van der Waals surface area contributed by atoms with Gasteiger partial charge in [0.25, 0.3) is 0 Å². The number of carbonyl (C=O) groups is 2. The number of fused-ring (bicyclic) bond motifs is 3. The number of ether oxygens (including phenoxy) is 1. The second kappa shape index (κ2) is 9.45.